The van der Waals surface area contributed by atoms with Crippen LogP contribution in [0.3, 0.4) is 0 Å². The van der Waals surface area contributed by atoms with Gasteiger partial charge in [-0.3, -0.25) is 9.79 Å². The Labute approximate surface area is 176 Å². The number of carbonyl (C=O) groups is 1. The fourth-order valence-corrected chi connectivity index (χ4v) is 2.47. The quantitative estimate of drug-likeness (QED) is 0.333. The predicted molar refractivity (Wildman–Crippen MR) is 119 cm³/mol. The van der Waals surface area contributed by atoms with Crippen molar-refractivity contribution in [1.29, 1.82) is 0 Å². The van der Waals surface area contributed by atoms with Gasteiger partial charge < -0.3 is 16.0 Å². The molecule has 1 atom stereocenters. The molecule has 0 aliphatic carbocycles. The molecule has 0 bridgehead atoms. The summed E-state index contributed by atoms with van der Waals surface area (Å²) in [7, 11) is 1.66. The minimum atomic E-state index is -0.339. The maximum Gasteiger partial charge on any atom is 0.243 e. The van der Waals surface area contributed by atoms with Gasteiger partial charge >= 0.3 is 0 Å². The van der Waals surface area contributed by atoms with Gasteiger partial charge in [-0.1, -0.05) is 36.8 Å². The largest absolute Gasteiger partial charge is 0.356 e. The van der Waals surface area contributed by atoms with Crippen molar-refractivity contribution in [2.75, 3.05) is 25.5 Å². The van der Waals surface area contributed by atoms with Gasteiger partial charge in [0.1, 0.15) is 5.82 Å². The zero-order valence-corrected chi connectivity index (χ0v) is 18.1. The molecule has 2 aromatic rings. The third kappa shape index (κ3) is 7.94. The number of halogens is 2. The fraction of sp³-hybridized carbons (Fsp3) is 0.300. The van der Waals surface area contributed by atoms with Gasteiger partial charge in [-0.25, -0.2) is 4.39 Å². The monoisotopic (exact) mass is 484 g/mol. The molecule has 2 rings (SSSR count). The van der Waals surface area contributed by atoms with Gasteiger partial charge in [0.05, 0.1) is 6.54 Å². The highest BCUT2D eigenvalue weighted by Gasteiger charge is 2.08. The number of aliphatic imine (C=N–C) groups is 1. The van der Waals surface area contributed by atoms with Crippen LogP contribution in [-0.4, -0.2) is 32.0 Å². The SMILES string of the molecule is CN=C(NCC(=O)Nc1ccc(F)cc1)NCC(C)c1cccc(C)c1.I. The van der Waals surface area contributed by atoms with E-state index in [1.54, 1.807) is 7.05 Å². The molecule has 0 spiro atoms. The number of aryl methyl sites for hydroxylation is 1. The van der Waals surface area contributed by atoms with Gasteiger partial charge in [-0.05, 0) is 42.7 Å². The fourth-order valence-electron chi connectivity index (χ4n) is 2.47. The second-order valence-electron chi connectivity index (χ2n) is 6.18. The molecule has 1 unspecified atom stereocenters. The Hall–Kier alpha value is -2.16. The second-order valence-corrected chi connectivity index (χ2v) is 6.18. The lowest BCUT2D eigenvalue weighted by Gasteiger charge is -2.16. The Balaban J connectivity index is 0.00000364. The smallest absolute Gasteiger partial charge is 0.243 e. The molecule has 3 N–H and O–H groups in total. The molecule has 5 nitrogen and oxygen atoms in total. The molecular formula is C20H26FIN4O. The first-order valence-corrected chi connectivity index (χ1v) is 8.54. The third-order valence-electron chi connectivity index (χ3n) is 3.95. The topological polar surface area (TPSA) is 65.5 Å². The Kier molecular flexibility index (Phi) is 9.77. The number of nitrogens with one attached hydrogen (secondary N) is 3. The summed E-state index contributed by atoms with van der Waals surface area (Å²) in [5, 5.41) is 8.89. The molecule has 0 fully saturated rings. The lowest BCUT2D eigenvalue weighted by Crippen LogP contribution is -2.42. The lowest BCUT2D eigenvalue weighted by molar-refractivity contribution is -0.115. The average molecular weight is 484 g/mol. The molecule has 0 saturated heterocycles. The van der Waals surface area contributed by atoms with Crippen LogP contribution in [0.1, 0.15) is 24.0 Å². The lowest BCUT2D eigenvalue weighted by atomic mass is 9.99. The molecule has 0 radical (unpaired) electrons. The Morgan fingerprint density at radius 2 is 1.85 bits per heavy atom. The summed E-state index contributed by atoms with van der Waals surface area (Å²) in [5.74, 6) is 0.292. The summed E-state index contributed by atoms with van der Waals surface area (Å²) in [6.45, 7) is 4.97. The zero-order chi connectivity index (χ0) is 18.9. The first kappa shape index (κ1) is 22.9. The highest BCUT2D eigenvalue weighted by molar-refractivity contribution is 14.0. The first-order valence-electron chi connectivity index (χ1n) is 8.54. The number of rotatable bonds is 6. The van der Waals surface area contributed by atoms with E-state index in [1.807, 2.05) is 6.07 Å². The number of nitrogens with zero attached hydrogens (tertiary/aromatic N) is 1. The van der Waals surface area contributed by atoms with Crippen molar-refractivity contribution in [1.82, 2.24) is 10.6 Å². The molecule has 2 aromatic carbocycles. The van der Waals surface area contributed by atoms with Crippen LogP contribution >= 0.6 is 24.0 Å². The van der Waals surface area contributed by atoms with E-state index in [0.29, 0.717) is 24.1 Å². The normalized spacial score (nSPS) is 11.9. The van der Waals surface area contributed by atoms with Crippen LogP contribution in [0.5, 0.6) is 0 Å². The summed E-state index contributed by atoms with van der Waals surface area (Å²) in [4.78, 5) is 16.1. The Bertz CT molecular complexity index is 765. The van der Waals surface area contributed by atoms with Gasteiger partial charge in [0.2, 0.25) is 5.91 Å². The average Bonchev–Trinajstić information content (AvgIpc) is 2.63. The molecular weight excluding hydrogens is 458 g/mol. The summed E-state index contributed by atoms with van der Waals surface area (Å²) in [6, 6.07) is 14.0. The number of hydrogen-bond donors (Lipinski definition) is 3. The molecule has 1 amide bonds. The van der Waals surface area contributed by atoms with Crippen LogP contribution in [-0.2, 0) is 4.79 Å². The van der Waals surface area contributed by atoms with Gasteiger partial charge in [0, 0.05) is 19.3 Å². The summed E-state index contributed by atoms with van der Waals surface area (Å²) >= 11 is 0. The van der Waals surface area contributed by atoms with E-state index in [9.17, 15) is 9.18 Å². The van der Waals surface area contributed by atoms with Crippen molar-refractivity contribution in [2.45, 2.75) is 19.8 Å². The Morgan fingerprint density at radius 1 is 1.15 bits per heavy atom. The van der Waals surface area contributed by atoms with Gasteiger partial charge in [0.25, 0.3) is 0 Å². The van der Waals surface area contributed by atoms with Crippen molar-refractivity contribution in [3.05, 3.63) is 65.5 Å². The van der Waals surface area contributed by atoms with Crippen molar-refractivity contribution in [3.8, 4) is 0 Å². The molecule has 146 valence electrons. The van der Waals surface area contributed by atoms with E-state index in [-0.39, 0.29) is 42.2 Å². The summed E-state index contributed by atoms with van der Waals surface area (Å²) in [5.41, 5.74) is 3.03. The van der Waals surface area contributed by atoms with Gasteiger partial charge in [-0.2, -0.15) is 0 Å². The number of hydrogen-bond acceptors (Lipinski definition) is 2. The number of benzene rings is 2. The summed E-state index contributed by atoms with van der Waals surface area (Å²) in [6.07, 6.45) is 0. The maximum absolute atomic E-state index is 12.9. The minimum Gasteiger partial charge on any atom is -0.356 e. The van der Waals surface area contributed by atoms with E-state index in [0.717, 1.165) is 0 Å². The van der Waals surface area contributed by atoms with E-state index >= 15 is 0 Å². The number of guanidine groups is 1. The summed E-state index contributed by atoms with van der Waals surface area (Å²) < 4.78 is 12.9. The predicted octanol–water partition coefficient (Wildman–Crippen LogP) is 3.66. The van der Waals surface area contributed by atoms with Crippen LogP contribution in [0.15, 0.2) is 53.5 Å². The third-order valence-corrected chi connectivity index (χ3v) is 3.95. The van der Waals surface area contributed by atoms with E-state index in [4.69, 9.17) is 0 Å². The van der Waals surface area contributed by atoms with Crippen molar-refractivity contribution in [2.24, 2.45) is 4.99 Å². The second kappa shape index (κ2) is 11.5. The van der Waals surface area contributed by atoms with Crippen LogP contribution in [0, 0.1) is 12.7 Å². The van der Waals surface area contributed by atoms with E-state index < -0.39 is 0 Å². The molecule has 0 heterocycles. The maximum atomic E-state index is 12.9. The minimum absolute atomic E-state index is 0. The van der Waals surface area contributed by atoms with Crippen LogP contribution in [0.4, 0.5) is 10.1 Å². The van der Waals surface area contributed by atoms with Gasteiger partial charge in [0.15, 0.2) is 5.96 Å². The zero-order valence-electron chi connectivity index (χ0n) is 15.8. The van der Waals surface area contributed by atoms with Crippen molar-refractivity contribution < 1.29 is 9.18 Å². The molecule has 27 heavy (non-hydrogen) atoms. The highest BCUT2D eigenvalue weighted by atomic mass is 127. The molecule has 0 saturated carbocycles. The number of carbonyl (C=O) groups excluding carboxylic acids is 1. The van der Waals surface area contributed by atoms with Crippen LogP contribution in [0.25, 0.3) is 0 Å². The molecule has 7 heteroatoms. The number of anilines is 1. The molecule has 0 aliphatic rings. The molecule has 0 aromatic heterocycles. The highest BCUT2D eigenvalue weighted by Crippen LogP contribution is 2.15. The number of amides is 1. The Morgan fingerprint density at radius 3 is 2.48 bits per heavy atom. The van der Waals surface area contributed by atoms with Crippen molar-refractivity contribution >= 4 is 41.5 Å². The van der Waals surface area contributed by atoms with Crippen LogP contribution < -0.4 is 16.0 Å². The van der Waals surface area contributed by atoms with Crippen molar-refractivity contribution in [3.63, 3.8) is 0 Å². The van der Waals surface area contributed by atoms with E-state index in [2.05, 4.69) is 53.0 Å². The van der Waals surface area contributed by atoms with E-state index in [1.165, 1.54) is 35.4 Å². The van der Waals surface area contributed by atoms with Gasteiger partial charge in [-0.15, -0.1) is 24.0 Å². The van der Waals surface area contributed by atoms with Crippen LogP contribution in [0.2, 0.25) is 0 Å². The standard InChI is InChI=1S/C20H25FN4O.HI/c1-14-5-4-6-16(11-14)15(2)12-23-20(22-3)24-13-19(26)25-18-9-7-17(21)8-10-18;/h4-11,15H,12-13H2,1-3H3,(H,25,26)(H2,22,23,24);1H. The first-order chi connectivity index (χ1) is 12.5. The molecule has 0 aliphatic heterocycles.